The van der Waals surface area contributed by atoms with Gasteiger partial charge in [0, 0.05) is 23.3 Å². The highest BCUT2D eigenvalue weighted by Gasteiger charge is 2.53. The maximum absolute atomic E-state index is 12.8. The predicted molar refractivity (Wildman–Crippen MR) is 123 cm³/mol. The van der Waals surface area contributed by atoms with Gasteiger partial charge in [-0.3, -0.25) is 4.79 Å². The van der Waals surface area contributed by atoms with Crippen LogP contribution in [0.4, 0.5) is 0 Å². The molecule has 0 amide bonds. The van der Waals surface area contributed by atoms with Crippen LogP contribution >= 0.6 is 0 Å². The number of fused-ring (bicyclic) bond motifs is 3. The lowest BCUT2D eigenvalue weighted by Crippen LogP contribution is -2.50. The zero-order valence-corrected chi connectivity index (χ0v) is 18.8. The molecule has 2 aliphatic carbocycles. The summed E-state index contributed by atoms with van der Waals surface area (Å²) in [6.45, 7) is 2.09. The van der Waals surface area contributed by atoms with Crippen LogP contribution in [0.3, 0.4) is 0 Å². The normalized spacial score (nSPS) is 24.4. The van der Waals surface area contributed by atoms with Gasteiger partial charge >= 0.3 is 0 Å². The number of ether oxygens (including phenoxy) is 2. The molecular weight excluding hydrogens is 400 g/mol. The molecule has 2 aromatic carbocycles. The van der Waals surface area contributed by atoms with Crippen molar-refractivity contribution in [3.05, 3.63) is 71.4 Å². The summed E-state index contributed by atoms with van der Waals surface area (Å²) < 4.78 is 11.4. The molecule has 0 N–H and O–H groups in total. The number of aromatic nitrogens is 2. The third-order valence-corrected chi connectivity index (χ3v) is 7.44. The van der Waals surface area contributed by atoms with Gasteiger partial charge in [-0.1, -0.05) is 49.4 Å². The highest BCUT2D eigenvalue weighted by atomic mass is 16.5. The van der Waals surface area contributed by atoms with Crippen molar-refractivity contribution in [1.82, 2.24) is 9.97 Å². The van der Waals surface area contributed by atoms with Crippen LogP contribution in [0, 0.1) is 11.8 Å². The Morgan fingerprint density at radius 2 is 1.69 bits per heavy atom. The summed E-state index contributed by atoms with van der Waals surface area (Å²) >= 11 is 0. The zero-order valence-electron chi connectivity index (χ0n) is 18.8. The maximum Gasteiger partial charge on any atom is 0.220 e. The minimum absolute atomic E-state index is 0.00669. The standard InChI is InChI=1S/C27H28N2O3/c1-17-21-14-13-20-24(27(21,16-15-22(17)30)18-9-5-4-6-10-18)28-25(29-26(20)32-3)19-11-7-8-12-23(19)31-2/h4-12,17,21H,13-16H2,1-3H3/t17-,21-,27+/m0/s1. The van der Waals surface area contributed by atoms with Gasteiger partial charge in [-0.05, 0) is 42.9 Å². The lowest BCUT2D eigenvalue weighted by atomic mass is 9.53. The molecule has 0 radical (unpaired) electrons. The Bertz CT molecular complexity index is 1160. The second-order valence-electron chi connectivity index (χ2n) is 8.82. The molecule has 5 heteroatoms. The molecule has 0 unspecified atom stereocenters. The van der Waals surface area contributed by atoms with Gasteiger partial charge in [0.25, 0.3) is 0 Å². The van der Waals surface area contributed by atoms with Gasteiger partial charge in [-0.25, -0.2) is 4.98 Å². The molecule has 1 heterocycles. The van der Waals surface area contributed by atoms with E-state index in [4.69, 9.17) is 19.4 Å². The number of nitrogens with zero attached hydrogens (tertiary/aromatic N) is 2. The predicted octanol–water partition coefficient (Wildman–Crippen LogP) is 5.01. The molecule has 0 bridgehead atoms. The van der Waals surface area contributed by atoms with Crippen molar-refractivity contribution in [2.75, 3.05) is 14.2 Å². The molecule has 164 valence electrons. The van der Waals surface area contributed by atoms with Crippen LogP contribution in [0.15, 0.2) is 54.6 Å². The molecule has 1 saturated carbocycles. The molecule has 3 aromatic rings. The molecule has 3 atom stereocenters. The molecule has 1 fully saturated rings. The first-order valence-electron chi connectivity index (χ1n) is 11.3. The molecule has 5 nitrogen and oxygen atoms in total. The fourth-order valence-corrected chi connectivity index (χ4v) is 5.88. The number of Topliss-reactive ketones (excluding diaryl/α,β-unsaturated/α-hetero) is 1. The highest BCUT2D eigenvalue weighted by Crippen LogP contribution is 2.55. The first-order chi connectivity index (χ1) is 15.6. The van der Waals surface area contributed by atoms with E-state index in [1.807, 2.05) is 30.3 Å². The molecule has 0 spiro atoms. The van der Waals surface area contributed by atoms with E-state index >= 15 is 0 Å². The van der Waals surface area contributed by atoms with Crippen molar-refractivity contribution in [3.8, 4) is 23.0 Å². The van der Waals surface area contributed by atoms with Crippen molar-refractivity contribution in [1.29, 1.82) is 0 Å². The molecule has 0 saturated heterocycles. The first-order valence-corrected chi connectivity index (χ1v) is 11.3. The van der Waals surface area contributed by atoms with Crippen LogP contribution in [0.5, 0.6) is 11.6 Å². The molecule has 1 aromatic heterocycles. The van der Waals surface area contributed by atoms with Crippen molar-refractivity contribution in [3.63, 3.8) is 0 Å². The first kappa shape index (κ1) is 20.7. The average Bonchev–Trinajstić information content (AvgIpc) is 2.85. The fraction of sp³-hybridized carbons (Fsp3) is 0.370. The Hall–Kier alpha value is -3.21. The molecule has 32 heavy (non-hydrogen) atoms. The summed E-state index contributed by atoms with van der Waals surface area (Å²) in [5.41, 5.74) is 3.79. The van der Waals surface area contributed by atoms with E-state index < -0.39 is 0 Å². The monoisotopic (exact) mass is 428 g/mol. The highest BCUT2D eigenvalue weighted by molar-refractivity contribution is 5.83. The molecule has 0 aliphatic heterocycles. The Balaban J connectivity index is 1.80. The van der Waals surface area contributed by atoms with Crippen LogP contribution in [-0.4, -0.2) is 30.0 Å². The van der Waals surface area contributed by atoms with Gasteiger partial charge < -0.3 is 9.47 Å². The number of methoxy groups -OCH3 is 2. The third kappa shape index (κ3) is 3.02. The van der Waals surface area contributed by atoms with E-state index in [-0.39, 0.29) is 17.3 Å². The van der Waals surface area contributed by atoms with Gasteiger partial charge in [-0.2, -0.15) is 4.98 Å². The van der Waals surface area contributed by atoms with Crippen LogP contribution in [-0.2, 0) is 16.6 Å². The number of carbonyl (C=O) groups excluding carboxylic acids is 1. The smallest absolute Gasteiger partial charge is 0.220 e. The quantitative estimate of drug-likeness (QED) is 0.585. The number of hydrogen-bond donors (Lipinski definition) is 0. The number of para-hydroxylation sites is 1. The minimum atomic E-state index is -0.338. The second-order valence-corrected chi connectivity index (χ2v) is 8.82. The zero-order chi connectivity index (χ0) is 22.3. The van der Waals surface area contributed by atoms with E-state index in [9.17, 15) is 4.79 Å². The van der Waals surface area contributed by atoms with Crippen LogP contribution in [0.1, 0.15) is 43.0 Å². The Labute approximate surface area is 188 Å². The SMILES string of the molecule is COc1ccccc1-c1nc(OC)c2c(n1)[C@@]1(c3ccccc3)CCC(=O)[C@@H](C)[C@@H]1CC2. The Morgan fingerprint density at radius 1 is 0.938 bits per heavy atom. The number of benzene rings is 2. The van der Waals surface area contributed by atoms with Gasteiger partial charge in [0.15, 0.2) is 5.82 Å². The van der Waals surface area contributed by atoms with E-state index in [0.717, 1.165) is 41.8 Å². The fourth-order valence-electron chi connectivity index (χ4n) is 5.88. The lowest BCUT2D eigenvalue weighted by Gasteiger charge is -2.50. The van der Waals surface area contributed by atoms with E-state index in [2.05, 4.69) is 31.2 Å². The van der Waals surface area contributed by atoms with E-state index in [1.165, 1.54) is 5.56 Å². The van der Waals surface area contributed by atoms with Crippen molar-refractivity contribution < 1.29 is 14.3 Å². The van der Waals surface area contributed by atoms with Gasteiger partial charge in [-0.15, -0.1) is 0 Å². The Morgan fingerprint density at radius 3 is 2.44 bits per heavy atom. The summed E-state index contributed by atoms with van der Waals surface area (Å²) in [5, 5.41) is 0. The van der Waals surface area contributed by atoms with E-state index in [1.54, 1.807) is 14.2 Å². The topological polar surface area (TPSA) is 61.3 Å². The van der Waals surface area contributed by atoms with Crippen LogP contribution in [0.2, 0.25) is 0 Å². The summed E-state index contributed by atoms with van der Waals surface area (Å²) in [4.78, 5) is 22.8. The summed E-state index contributed by atoms with van der Waals surface area (Å²) in [6, 6.07) is 18.4. The van der Waals surface area contributed by atoms with Gasteiger partial charge in [0.1, 0.15) is 11.5 Å². The maximum atomic E-state index is 12.8. The number of hydrogen-bond acceptors (Lipinski definition) is 5. The molecule has 5 rings (SSSR count). The number of carbonyl (C=O) groups is 1. The van der Waals surface area contributed by atoms with Crippen molar-refractivity contribution in [2.45, 2.75) is 38.0 Å². The summed E-state index contributed by atoms with van der Waals surface area (Å²) in [6.07, 6.45) is 3.04. The van der Waals surface area contributed by atoms with Crippen molar-refractivity contribution in [2.24, 2.45) is 11.8 Å². The molecular formula is C27H28N2O3. The van der Waals surface area contributed by atoms with Crippen LogP contribution in [0.25, 0.3) is 11.4 Å². The summed E-state index contributed by atoms with van der Waals surface area (Å²) in [7, 11) is 3.33. The molecule has 2 aliphatic rings. The van der Waals surface area contributed by atoms with E-state index in [0.29, 0.717) is 23.9 Å². The number of rotatable bonds is 4. The Kier molecular flexibility index (Phi) is 5.20. The lowest BCUT2D eigenvalue weighted by molar-refractivity contribution is -0.128. The largest absolute Gasteiger partial charge is 0.496 e. The van der Waals surface area contributed by atoms with Gasteiger partial charge in [0.2, 0.25) is 5.88 Å². The van der Waals surface area contributed by atoms with Gasteiger partial charge in [0.05, 0.1) is 25.5 Å². The summed E-state index contributed by atoms with van der Waals surface area (Å²) in [5.74, 6) is 2.49. The van der Waals surface area contributed by atoms with Crippen molar-refractivity contribution >= 4 is 5.78 Å². The average molecular weight is 429 g/mol. The third-order valence-electron chi connectivity index (χ3n) is 7.44. The number of ketones is 1. The second kappa shape index (κ2) is 8.05. The van der Waals surface area contributed by atoms with Crippen LogP contribution < -0.4 is 9.47 Å². The minimum Gasteiger partial charge on any atom is -0.496 e.